The number of aliphatic hydroxyl groups is 5. The molecule has 3 aliphatic rings. The summed E-state index contributed by atoms with van der Waals surface area (Å²) in [5.74, 6) is -1.58. The van der Waals surface area contributed by atoms with Crippen molar-refractivity contribution in [1.82, 2.24) is 5.32 Å². The molecule has 1 aliphatic carbocycles. The second-order valence-corrected chi connectivity index (χ2v) is 11.3. The van der Waals surface area contributed by atoms with E-state index in [1.807, 2.05) is 0 Å². The summed E-state index contributed by atoms with van der Waals surface area (Å²) in [5, 5.41) is 53.8. The van der Waals surface area contributed by atoms with Crippen LogP contribution in [0.5, 0.6) is 0 Å². The average molecular weight is 625 g/mol. The quantitative estimate of drug-likeness (QED) is 0.0899. The van der Waals surface area contributed by atoms with Crippen LogP contribution in [0.1, 0.15) is 32.6 Å². The molecule has 15 atom stereocenters. The van der Waals surface area contributed by atoms with Crippen molar-refractivity contribution in [3.8, 4) is 0 Å². The first-order valence-corrected chi connectivity index (χ1v) is 14.4. The van der Waals surface area contributed by atoms with Crippen molar-refractivity contribution < 1.29 is 58.8 Å². The van der Waals surface area contributed by atoms with Gasteiger partial charge in [0.1, 0.15) is 36.6 Å². The lowest BCUT2D eigenvalue weighted by molar-refractivity contribution is -0.316. The Labute approximate surface area is 249 Å². The molecular weight excluding hydrogens is 576 g/mol. The van der Waals surface area contributed by atoms with E-state index in [1.54, 1.807) is 0 Å². The zero-order valence-electron chi connectivity index (χ0n) is 24.1. The van der Waals surface area contributed by atoms with Crippen molar-refractivity contribution in [2.45, 2.75) is 124 Å². The fraction of sp³-hybridized carbons (Fsp3) is 0.920. The number of nitrogens with two attached hydrogens (primary N) is 5. The normalized spacial score (nSPS) is 41.7. The number of hydrogen-bond acceptors (Lipinski definition) is 17. The number of esters is 1. The molecule has 0 radical (unpaired) electrons. The number of aliphatic hydroxyl groups excluding tert-OH is 5. The Kier molecular flexibility index (Phi) is 13.4. The monoisotopic (exact) mass is 624 g/mol. The Bertz CT molecular complexity index is 907. The van der Waals surface area contributed by atoms with Gasteiger partial charge in [-0.25, -0.2) is 0 Å². The summed E-state index contributed by atoms with van der Waals surface area (Å²) >= 11 is 0. The Morgan fingerprint density at radius 3 is 2.23 bits per heavy atom. The van der Waals surface area contributed by atoms with Crippen LogP contribution in [0.2, 0.25) is 0 Å². The fourth-order valence-electron chi connectivity index (χ4n) is 5.55. The minimum atomic E-state index is -1.61. The highest BCUT2D eigenvalue weighted by Crippen LogP contribution is 2.33. The summed E-state index contributed by atoms with van der Waals surface area (Å²) < 4.78 is 29.4. The van der Waals surface area contributed by atoms with E-state index < -0.39 is 110 Å². The number of rotatable bonds is 12. The van der Waals surface area contributed by atoms with Crippen LogP contribution in [0.15, 0.2) is 0 Å². The van der Waals surface area contributed by atoms with Crippen molar-refractivity contribution in [1.29, 1.82) is 0 Å². The lowest BCUT2D eigenvalue weighted by Crippen LogP contribution is -2.69. The number of carbonyl (C=O) groups excluding carboxylic acids is 2. The van der Waals surface area contributed by atoms with E-state index in [2.05, 4.69) is 5.32 Å². The van der Waals surface area contributed by atoms with Crippen molar-refractivity contribution in [2.24, 2.45) is 28.7 Å². The molecule has 2 saturated heterocycles. The highest BCUT2D eigenvalue weighted by Gasteiger charge is 2.53. The maximum absolute atomic E-state index is 12.8. The zero-order valence-corrected chi connectivity index (χ0v) is 24.1. The van der Waals surface area contributed by atoms with Gasteiger partial charge in [0.15, 0.2) is 18.7 Å². The van der Waals surface area contributed by atoms with E-state index in [9.17, 15) is 35.1 Å². The molecule has 7 unspecified atom stereocenters. The van der Waals surface area contributed by atoms with Crippen molar-refractivity contribution >= 4 is 11.9 Å². The molecule has 18 heteroatoms. The van der Waals surface area contributed by atoms with Crippen molar-refractivity contribution in [3.05, 3.63) is 0 Å². The molecular formula is C25H48N6O12. The molecule has 1 saturated carbocycles. The van der Waals surface area contributed by atoms with E-state index in [0.29, 0.717) is 12.8 Å². The van der Waals surface area contributed by atoms with Gasteiger partial charge in [-0.1, -0.05) is 0 Å². The van der Waals surface area contributed by atoms with Crippen molar-refractivity contribution in [3.63, 3.8) is 0 Å². The molecule has 18 nitrogen and oxygen atoms in total. The van der Waals surface area contributed by atoms with E-state index in [4.69, 9.17) is 52.4 Å². The van der Waals surface area contributed by atoms with Crippen molar-refractivity contribution in [2.75, 3.05) is 19.7 Å². The maximum atomic E-state index is 12.8. The minimum Gasteiger partial charge on any atom is -0.457 e. The van der Waals surface area contributed by atoms with Gasteiger partial charge in [-0.15, -0.1) is 0 Å². The number of nitrogens with one attached hydrogen (secondary N) is 1. The molecule has 0 aromatic heterocycles. The summed E-state index contributed by atoms with van der Waals surface area (Å²) in [6.07, 6.45) is -13.2. The Balaban J connectivity index is 1.95. The van der Waals surface area contributed by atoms with Crippen LogP contribution < -0.4 is 34.0 Å². The molecule has 0 aromatic rings. The van der Waals surface area contributed by atoms with Gasteiger partial charge in [0.2, 0.25) is 5.91 Å². The van der Waals surface area contributed by atoms with Crippen LogP contribution in [-0.4, -0.2) is 149 Å². The average Bonchev–Trinajstić information content (AvgIpc) is 2.96. The Hall–Kier alpha value is -1.62. The van der Waals surface area contributed by atoms with Crippen LogP contribution in [0.4, 0.5) is 0 Å². The topological polar surface area (TPSA) is 324 Å². The number of carbonyl (C=O) groups is 2. The molecule has 3 fully saturated rings. The summed E-state index contributed by atoms with van der Waals surface area (Å²) in [7, 11) is 0. The van der Waals surface area contributed by atoms with Crippen LogP contribution in [0.3, 0.4) is 0 Å². The first-order valence-electron chi connectivity index (χ1n) is 14.4. The first kappa shape index (κ1) is 35.9. The maximum Gasteiger partial charge on any atom is 0.303 e. The minimum absolute atomic E-state index is 0.0248. The summed E-state index contributed by atoms with van der Waals surface area (Å²) in [4.78, 5) is 25.1. The molecule has 250 valence electrons. The zero-order chi connectivity index (χ0) is 32.0. The van der Waals surface area contributed by atoms with Gasteiger partial charge in [-0.2, -0.15) is 0 Å². The van der Waals surface area contributed by atoms with Gasteiger partial charge >= 0.3 is 5.97 Å². The standard InChI is InChI=1S/C25H48N6O12/c1-9(33)39-22-20(42-24-10(28)2-3-15(40-24)14(35)7-27)11(29)6-12(31-23(38)13(34)4-5-26)21(22)43-25-19(37)17(30)18(36)16(8-32)41-25/h10-22,24-25,32,34-37H,2-8,26-30H2,1H3,(H,31,38)/t10?,11-,12+,13-,14?,15?,16?,17-,18-,19?,20?,21+,22?,24-,25-/m0/s1. The SMILES string of the molecule is CC(=O)OC1C(O[C@@H]2OC(C(O)CN)CCC2N)[C@@H](N)C[C@@H](NC(=O)[C@@H](O)CCN)[C@H]1O[C@@H]1OC(CO)[C@H](O)[C@H](N)C1O. The van der Waals surface area contributed by atoms with Gasteiger partial charge in [0, 0.05) is 19.5 Å². The third-order valence-electron chi connectivity index (χ3n) is 8.00. The summed E-state index contributed by atoms with van der Waals surface area (Å²) in [6.45, 7) is 0.434. The highest BCUT2D eigenvalue weighted by molar-refractivity contribution is 5.80. The predicted octanol–water partition coefficient (Wildman–Crippen LogP) is -6.47. The smallest absolute Gasteiger partial charge is 0.303 e. The lowest BCUT2D eigenvalue weighted by atomic mass is 9.83. The third-order valence-corrected chi connectivity index (χ3v) is 8.00. The molecule has 3 rings (SSSR count). The van der Waals surface area contributed by atoms with Crippen LogP contribution in [0, 0.1) is 0 Å². The van der Waals surface area contributed by atoms with E-state index in [1.165, 1.54) is 0 Å². The second kappa shape index (κ2) is 16.1. The molecule has 0 bridgehead atoms. The number of hydrogen-bond donors (Lipinski definition) is 11. The molecule has 2 heterocycles. The van der Waals surface area contributed by atoms with Gasteiger partial charge in [0.25, 0.3) is 0 Å². The highest BCUT2D eigenvalue weighted by atomic mass is 16.7. The van der Waals surface area contributed by atoms with Crippen LogP contribution in [0.25, 0.3) is 0 Å². The van der Waals surface area contributed by atoms with E-state index >= 15 is 0 Å². The molecule has 0 aromatic carbocycles. The van der Waals surface area contributed by atoms with Gasteiger partial charge in [0.05, 0.1) is 36.9 Å². The van der Waals surface area contributed by atoms with Crippen LogP contribution in [-0.2, 0) is 33.3 Å². The van der Waals surface area contributed by atoms with Gasteiger partial charge in [-0.3, -0.25) is 9.59 Å². The van der Waals surface area contributed by atoms with E-state index in [-0.39, 0.29) is 25.9 Å². The molecule has 43 heavy (non-hydrogen) atoms. The number of ether oxygens (including phenoxy) is 5. The fourth-order valence-corrected chi connectivity index (χ4v) is 5.55. The van der Waals surface area contributed by atoms with Gasteiger partial charge < -0.3 is 83.2 Å². The van der Waals surface area contributed by atoms with Crippen LogP contribution >= 0.6 is 0 Å². The lowest BCUT2D eigenvalue weighted by Gasteiger charge is -2.49. The molecule has 16 N–H and O–H groups in total. The molecule has 0 spiro atoms. The van der Waals surface area contributed by atoms with Gasteiger partial charge in [-0.05, 0) is 32.2 Å². The number of amides is 1. The Morgan fingerprint density at radius 1 is 0.953 bits per heavy atom. The second-order valence-electron chi connectivity index (χ2n) is 11.3. The third kappa shape index (κ3) is 8.76. The summed E-state index contributed by atoms with van der Waals surface area (Å²) in [6, 6.07) is -3.91. The molecule has 2 aliphatic heterocycles. The van der Waals surface area contributed by atoms with E-state index in [0.717, 1.165) is 6.92 Å². The summed E-state index contributed by atoms with van der Waals surface area (Å²) in [5.41, 5.74) is 29.8. The largest absolute Gasteiger partial charge is 0.457 e. The Morgan fingerprint density at radius 2 is 1.63 bits per heavy atom. The molecule has 1 amide bonds. The first-order chi connectivity index (χ1) is 20.3. The predicted molar refractivity (Wildman–Crippen MR) is 146 cm³/mol.